The first-order valence-corrected chi connectivity index (χ1v) is 9.94. The first kappa shape index (κ1) is 17.7. The first-order valence-electron chi connectivity index (χ1n) is 9.94. The van der Waals surface area contributed by atoms with Crippen molar-refractivity contribution >= 4 is 11.8 Å². The van der Waals surface area contributed by atoms with Crippen molar-refractivity contribution in [3.8, 4) is 5.75 Å². The number of aromatic nitrogens is 2. The number of hydrogen-bond donors (Lipinski definition) is 2. The van der Waals surface area contributed by atoms with Crippen molar-refractivity contribution in [3.63, 3.8) is 0 Å². The van der Waals surface area contributed by atoms with E-state index in [0.717, 1.165) is 42.0 Å². The SMILES string of the molecule is COc1ccc(C2(c3ccccc3)C=Cc3c(C(=NO)C4CC4)n[nH]c3C2)cc1. The van der Waals surface area contributed by atoms with Crippen LogP contribution >= 0.6 is 0 Å². The number of nitrogens with zero attached hydrogens (tertiary/aromatic N) is 2. The Hall–Kier alpha value is -3.34. The second-order valence-corrected chi connectivity index (χ2v) is 7.80. The molecule has 3 aromatic rings. The zero-order valence-electron chi connectivity index (χ0n) is 16.3. The highest BCUT2D eigenvalue weighted by molar-refractivity contribution is 6.04. The maximum atomic E-state index is 9.52. The molecule has 1 heterocycles. The number of fused-ring (bicyclic) bond motifs is 1. The molecule has 1 unspecified atom stereocenters. The summed E-state index contributed by atoms with van der Waals surface area (Å²) in [5, 5.41) is 20.8. The van der Waals surface area contributed by atoms with E-state index >= 15 is 0 Å². The number of rotatable bonds is 5. The van der Waals surface area contributed by atoms with Gasteiger partial charge < -0.3 is 9.94 Å². The highest BCUT2D eigenvalue weighted by atomic mass is 16.5. The molecule has 1 aromatic heterocycles. The molecule has 146 valence electrons. The van der Waals surface area contributed by atoms with Gasteiger partial charge in [-0.05, 0) is 36.1 Å². The largest absolute Gasteiger partial charge is 0.497 e. The lowest BCUT2D eigenvalue weighted by Gasteiger charge is -2.34. The minimum absolute atomic E-state index is 0.305. The molecule has 0 bridgehead atoms. The fourth-order valence-electron chi connectivity index (χ4n) is 4.33. The van der Waals surface area contributed by atoms with Gasteiger partial charge >= 0.3 is 0 Å². The Labute approximate surface area is 169 Å². The van der Waals surface area contributed by atoms with Crippen LogP contribution in [0.5, 0.6) is 5.75 Å². The van der Waals surface area contributed by atoms with E-state index in [4.69, 9.17) is 4.74 Å². The summed E-state index contributed by atoms with van der Waals surface area (Å²) in [4.78, 5) is 0. The van der Waals surface area contributed by atoms with Gasteiger partial charge in [0.15, 0.2) is 0 Å². The average Bonchev–Trinajstić information content (AvgIpc) is 3.54. The molecule has 2 aromatic carbocycles. The number of hydrogen-bond acceptors (Lipinski definition) is 4. The topological polar surface area (TPSA) is 70.5 Å². The van der Waals surface area contributed by atoms with Crippen LogP contribution in [0.25, 0.3) is 6.08 Å². The van der Waals surface area contributed by atoms with Gasteiger partial charge in [0.05, 0.1) is 7.11 Å². The molecule has 5 heteroatoms. The molecule has 29 heavy (non-hydrogen) atoms. The first-order chi connectivity index (χ1) is 14.2. The Bertz CT molecular complexity index is 1080. The summed E-state index contributed by atoms with van der Waals surface area (Å²) in [6, 6.07) is 18.8. The summed E-state index contributed by atoms with van der Waals surface area (Å²) in [6.07, 6.45) is 7.26. The summed E-state index contributed by atoms with van der Waals surface area (Å²) < 4.78 is 5.35. The molecule has 2 aliphatic carbocycles. The van der Waals surface area contributed by atoms with E-state index in [1.807, 2.05) is 18.2 Å². The number of oxime groups is 1. The highest BCUT2D eigenvalue weighted by Gasteiger charge is 2.38. The number of aromatic amines is 1. The fourth-order valence-corrected chi connectivity index (χ4v) is 4.33. The van der Waals surface area contributed by atoms with Crippen LogP contribution in [0.2, 0.25) is 0 Å². The van der Waals surface area contributed by atoms with Crippen LogP contribution in [0, 0.1) is 5.92 Å². The van der Waals surface area contributed by atoms with Gasteiger partial charge in [-0.2, -0.15) is 5.10 Å². The molecule has 1 fully saturated rings. The van der Waals surface area contributed by atoms with Crippen LogP contribution < -0.4 is 4.74 Å². The quantitative estimate of drug-likeness (QED) is 0.384. The zero-order chi connectivity index (χ0) is 19.8. The van der Waals surface area contributed by atoms with Crippen molar-refractivity contribution in [2.45, 2.75) is 24.7 Å². The standard InChI is InChI=1S/C24H23N3O2/c1-29-19-11-9-18(10-12-19)24(17-5-3-2-4-6-17)14-13-20-21(15-24)25-26-23(20)22(27-28)16-7-8-16/h2-6,9-14,16,28H,7-8,15H2,1H3,(H,25,26). The molecule has 1 atom stereocenters. The average molecular weight is 385 g/mol. The number of ether oxygens (including phenoxy) is 1. The lowest BCUT2D eigenvalue weighted by atomic mass is 9.68. The van der Waals surface area contributed by atoms with E-state index in [0.29, 0.717) is 11.6 Å². The molecule has 2 N–H and O–H groups in total. The lowest BCUT2D eigenvalue weighted by Crippen LogP contribution is -2.30. The maximum Gasteiger partial charge on any atom is 0.118 e. The Morgan fingerprint density at radius 3 is 2.48 bits per heavy atom. The van der Waals surface area contributed by atoms with Crippen LogP contribution in [-0.4, -0.2) is 28.2 Å². The van der Waals surface area contributed by atoms with Crippen molar-refractivity contribution in [1.29, 1.82) is 0 Å². The molecule has 0 spiro atoms. The monoisotopic (exact) mass is 385 g/mol. The molecule has 0 aliphatic heterocycles. The fraction of sp³-hybridized carbons (Fsp3) is 0.250. The smallest absolute Gasteiger partial charge is 0.118 e. The summed E-state index contributed by atoms with van der Waals surface area (Å²) in [5.41, 5.74) is 5.68. The van der Waals surface area contributed by atoms with Gasteiger partial charge in [-0.3, -0.25) is 5.10 Å². The van der Waals surface area contributed by atoms with Crippen molar-refractivity contribution in [2.75, 3.05) is 7.11 Å². The van der Waals surface area contributed by atoms with E-state index in [9.17, 15) is 5.21 Å². The third-order valence-corrected chi connectivity index (χ3v) is 6.08. The number of H-pyrrole nitrogens is 1. The molecular weight excluding hydrogens is 362 g/mol. The Morgan fingerprint density at radius 2 is 1.83 bits per heavy atom. The van der Waals surface area contributed by atoms with Gasteiger partial charge in [-0.1, -0.05) is 59.8 Å². The van der Waals surface area contributed by atoms with Crippen LogP contribution in [0.15, 0.2) is 65.8 Å². The predicted molar refractivity (Wildman–Crippen MR) is 113 cm³/mol. The molecule has 0 radical (unpaired) electrons. The van der Waals surface area contributed by atoms with Gasteiger partial charge in [-0.15, -0.1) is 0 Å². The Balaban J connectivity index is 1.62. The van der Waals surface area contributed by atoms with Crippen molar-refractivity contribution in [1.82, 2.24) is 10.2 Å². The lowest BCUT2D eigenvalue weighted by molar-refractivity contribution is 0.317. The van der Waals surface area contributed by atoms with Crippen LogP contribution in [0.4, 0.5) is 0 Å². The number of nitrogens with one attached hydrogen (secondary N) is 1. The molecule has 0 amide bonds. The van der Waals surface area contributed by atoms with Crippen molar-refractivity contribution in [3.05, 3.63) is 88.8 Å². The van der Waals surface area contributed by atoms with E-state index in [1.165, 1.54) is 11.1 Å². The second-order valence-electron chi connectivity index (χ2n) is 7.80. The van der Waals surface area contributed by atoms with Gasteiger partial charge in [0.2, 0.25) is 0 Å². The Morgan fingerprint density at radius 1 is 1.10 bits per heavy atom. The van der Waals surface area contributed by atoms with Crippen molar-refractivity contribution < 1.29 is 9.94 Å². The van der Waals surface area contributed by atoms with Crippen molar-refractivity contribution in [2.24, 2.45) is 11.1 Å². The van der Waals surface area contributed by atoms with E-state index in [1.54, 1.807) is 7.11 Å². The summed E-state index contributed by atoms with van der Waals surface area (Å²) in [6.45, 7) is 0. The van der Waals surface area contributed by atoms with Gasteiger partial charge in [-0.25, -0.2) is 0 Å². The van der Waals surface area contributed by atoms with E-state index < -0.39 is 0 Å². The summed E-state index contributed by atoms with van der Waals surface area (Å²) in [7, 11) is 1.68. The number of allylic oxidation sites excluding steroid dienone is 1. The van der Waals surface area contributed by atoms with E-state index in [2.05, 4.69) is 63.9 Å². The van der Waals surface area contributed by atoms with Crippen LogP contribution in [0.3, 0.4) is 0 Å². The van der Waals surface area contributed by atoms with Crippen LogP contribution in [-0.2, 0) is 11.8 Å². The minimum atomic E-state index is -0.305. The van der Waals surface area contributed by atoms with Gasteiger partial charge in [0, 0.05) is 29.0 Å². The van der Waals surface area contributed by atoms with Gasteiger partial charge in [0.1, 0.15) is 17.2 Å². The second kappa shape index (κ2) is 6.92. The molecule has 5 rings (SSSR count). The van der Waals surface area contributed by atoms with Gasteiger partial charge in [0.25, 0.3) is 0 Å². The van der Waals surface area contributed by atoms with E-state index in [-0.39, 0.29) is 5.41 Å². The molecule has 2 aliphatic rings. The summed E-state index contributed by atoms with van der Waals surface area (Å²) >= 11 is 0. The third kappa shape index (κ3) is 2.94. The molecule has 1 saturated carbocycles. The molecule has 5 nitrogen and oxygen atoms in total. The minimum Gasteiger partial charge on any atom is -0.497 e. The highest BCUT2D eigenvalue weighted by Crippen LogP contribution is 2.43. The third-order valence-electron chi connectivity index (χ3n) is 6.08. The Kier molecular flexibility index (Phi) is 4.23. The molecule has 0 saturated heterocycles. The van der Waals surface area contributed by atoms with Crippen LogP contribution in [0.1, 0.15) is 40.9 Å². The predicted octanol–water partition coefficient (Wildman–Crippen LogP) is 4.56. The zero-order valence-corrected chi connectivity index (χ0v) is 16.3. The number of benzene rings is 2. The summed E-state index contributed by atoms with van der Waals surface area (Å²) in [5.74, 6) is 1.16. The normalized spacial score (nSPS) is 21.1. The molecular formula is C24H23N3O2. The number of methoxy groups -OCH3 is 1. The maximum absolute atomic E-state index is 9.52.